The summed E-state index contributed by atoms with van der Waals surface area (Å²) in [6.45, 7) is 3.55. The standard InChI is InChI=1S/C11H14O4S/c1-11(2,10(14)15-3)6-7-4-5-8(16-7)9(12)13/h4-5H,6H2,1-3H3,(H,12,13). The highest BCUT2D eigenvalue weighted by molar-refractivity contribution is 7.13. The molecule has 0 aliphatic rings. The van der Waals surface area contributed by atoms with E-state index in [-0.39, 0.29) is 10.8 Å². The minimum absolute atomic E-state index is 0.288. The Bertz CT molecular complexity index is 406. The van der Waals surface area contributed by atoms with Crippen LogP contribution in [0.3, 0.4) is 0 Å². The molecule has 1 aromatic heterocycles. The molecule has 1 rings (SSSR count). The van der Waals surface area contributed by atoms with Crippen molar-refractivity contribution < 1.29 is 19.4 Å². The van der Waals surface area contributed by atoms with Gasteiger partial charge in [-0.25, -0.2) is 4.79 Å². The van der Waals surface area contributed by atoms with Gasteiger partial charge in [0.1, 0.15) is 4.88 Å². The van der Waals surface area contributed by atoms with Crippen LogP contribution in [0.2, 0.25) is 0 Å². The van der Waals surface area contributed by atoms with E-state index < -0.39 is 11.4 Å². The van der Waals surface area contributed by atoms with Crippen LogP contribution in [0, 0.1) is 5.41 Å². The Balaban J connectivity index is 2.80. The van der Waals surface area contributed by atoms with Gasteiger partial charge in [0.2, 0.25) is 0 Å². The van der Waals surface area contributed by atoms with Gasteiger partial charge in [-0.15, -0.1) is 11.3 Å². The number of carboxylic acid groups (broad SMARTS) is 1. The molecule has 1 N–H and O–H groups in total. The largest absolute Gasteiger partial charge is 0.477 e. The van der Waals surface area contributed by atoms with E-state index in [1.165, 1.54) is 18.4 Å². The molecule has 5 heteroatoms. The van der Waals surface area contributed by atoms with Crippen LogP contribution < -0.4 is 0 Å². The van der Waals surface area contributed by atoms with Crippen molar-refractivity contribution in [3.8, 4) is 0 Å². The zero-order valence-electron chi connectivity index (χ0n) is 9.44. The van der Waals surface area contributed by atoms with E-state index in [1.807, 2.05) is 0 Å². The van der Waals surface area contributed by atoms with Crippen LogP contribution in [0.25, 0.3) is 0 Å². The summed E-state index contributed by atoms with van der Waals surface area (Å²) in [5, 5.41) is 8.77. The molecule has 0 saturated heterocycles. The predicted octanol–water partition coefficient (Wildman–Crippen LogP) is 2.19. The van der Waals surface area contributed by atoms with Gasteiger partial charge in [-0.1, -0.05) is 0 Å². The molecule has 1 heterocycles. The number of carbonyl (C=O) groups is 2. The average Bonchev–Trinajstić information content (AvgIpc) is 2.64. The average molecular weight is 242 g/mol. The summed E-state index contributed by atoms with van der Waals surface area (Å²) in [5.41, 5.74) is -0.630. The molecule has 0 aliphatic heterocycles. The Morgan fingerprint density at radius 3 is 2.50 bits per heavy atom. The fraction of sp³-hybridized carbons (Fsp3) is 0.455. The van der Waals surface area contributed by atoms with Crippen LogP contribution >= 0.6 is 11.3 Å². The zero-order chi connectivity index (χ0) is 12.3. The van der Waals surface area contributed by atoms with E-state index in [1.54, 1.807) is 26.0 Å². The van der Waals surface area contributed by atoms with Crippen LogP contribution in [0.15, 0.2) is 12.1 Å². The highest BCUT2D eigenvalue weighted by Crippen LogP contribution is 2.27. The lowest BCUT2D eigenvalue weighted by molar-refractivity contribution is -0.150. The highest BCUT2D eigenvalue weighted by atomic mass is 32.1. The Labute approximate surface area is 97.9 Å². The number of hydrogen-bond donors (Lipinski definition) is 1. The topological polar surface area (TPSA) is 63.6 Å². The molecule has 0 aromatic carbocycles. The van der Waals surface area contributed by atoms with Crippen LogP contribution in [0.1, 0.15) is 28.4 Å². The first-order chi connectivity index (χ1) is 7.36. The quantitative estimate of drug-likeness (QED) is 0.822. The van der Waals surface area contributed by atoms with Crippen molar-refractivity contribution in [2.75, 3.05) is 7.11 Å². The molecule has 16 heavy (non-hydrogen) atoms. The summed E-state index contributed by atoms with van der Waals surface area (Å²) >= 11 is 1.19. The molecular weight excluding hydrogens is 228 g/mol. The number of rotatable bonds is 4. The van der Waals surface area contributed by atoms with Gasteiger partial charge in [0.25, 0.3) is 0 Å². The van der Waals surface area contributed by atoms with E-state index in [4.69, 9.17) is 9.84 Å². The predicted molar refractivity (Wildman–Crippen MR) is 60.8 cm³/mol. The summed E-state index contributed by atoms with van der Waals surface area (Å²) in [5.74, 6) is -1.23. The third-order valence-electron chi connectivity index (χ3n) is 2.23. The van der Waals surface area contributed by atoms with Gasteiger partial charge < -0.3 is 9.84 Å². The molecule has 0 fully saturated rings. The lowest BCUT2D eigenvalue weighted by Crippen LogP contribution is -2.27. The molecule has 0 bridgehead atoms. The summed E-state index contributed by atoms with van der Waals surface area (Å²) in [6.07, 6.45) is 0.484. The molecule has 0 spiro atoms. The van der Waals surface area contributed by atoms with Crippen LogP contribution in [-0.2, 0) is 16.0 Å². The van der Waals surface area contributed by atoms with Crippen molar-refractivity contribution in [3.63, 3.8) is 0 Å². The summed E-state index contributed by atoms with van der Waals surface area (Å²) in [7, 11) is 1.35. The SMILES string of the molecule is COC(=O)C(C)(C)Cc1ccc(C(=O)O)s1. The van der Waals surface area contributed by atoms with E-state index in [2.05, 4.69) is 0 Å². The number of hydrogen-bond acceptors (Lipinski definition) is 4. The summed E-state index contributed by atoms with van der Waals surface area (Å²) < 4.78 is 4.69. The maximum atomic E-state index is 11.4. The minimum atomic E-state index is -0.938. The van der Waals surface area contributed by atoms with Gasteiger partial charge in [0.05, 0.1) is 12.5 Å². The van der Waals surface area contributed by atoms with Gasteiger partial charge in [0, 0.05) is 4.88 Å². The molecule has 88 valence electrons. The van der Waals surface area contributed by atoms with Crippen molar-refractivity contribution in [2.45, 2.75) is 20.3 Å². The number of carboxylic acids is 1. The Morgan fingerprint density at radius 2 is 2.06 bits per heavy atom. The molecule has 0 atom stereocenters. The molecule has 0 amide bonds. The number of aromatic carboxylic acids is 1. The third kappa shape index (κ3) is 2.82. The molecule has 0 aliphatic carbocycles. The Kier molecular flexibility index (Phi) is 3.70. The fourth-order valence-corrected chi connectivity index (χ4v) is 2.45. The maximum absolute atomic E-state index is 11.4. The van der Waals surface area contributed by atoms with Gasteiger partial charge in [-0.05, 0) is 32.4 Å². The van der Waals surface area contributed by atoms with Crippen molar-refractivity contribution in [3.05, 3.63) is 21.9 Å². The second-order valence-electron chi connectivity index (χ2n) is 4.12. The van der Waals surface area contributed by atoms with Crippen molar-refractivity contribution in [2.24, 2.45) is 5.41 Å². The number of methoxy groups -OCH3 is 1. The van der Waals surface area contributed by atoms with Crippen molar-refractivity contribution in [1.82, 2.24) is 0 Å². The van der Waals surface area contributed by atoms with E-state index in [9.17, 15) is 9.59 Å². The van der Waals surface area contributed by atoms with Gasteiger partial charge in [-0.3, -0.25) is 4.79 Å². The Hall–Kier alpha value is -1.36. The summed E-state index contributed by atoms with van der Waals surface area (Å²) in [6, 6.07) is 3.29. The smallest absolute Gasteiger partial charge is 0.345 e. The maximum Gasteiger partial charge on any atom is 0.345 e. The van der Waals surface area contributed by atoms with Crippen LogP contribution in [0.4, 0.5) is 0 Å². The first-order valence-electron chi connectivity index (χ1n) is 4.77. The van der Waals surface area contributed by atoms with E-state index in [0.717, 1.165) is 4.88 Å². The van der Waals surface area contributed by atoms with Crippen molar-refractivity contribution >= 4 is 23.3 Å². The fourth-order valence-electron chi connectivity index (χ4n) is 1.37. The van der Waals surface area contributed by atoms with Crippen LogP contribution in [-0.4, -0.2) is 24.2 Å². The highest BCUT2D eigenvalue weighted by Gasteiger charge is 2.29. The van der Waals surface area contributed by atoms with Gasteiger partial charge in [-0.2, -0.15) is 0 Å². The molecule has 0 saturated carbocycles. The monoisotopic (exact) mass is 242 g/mol. The van der Waals surface area contributed by atoms with Gasteiger partial charge >= 0.3 is 11.9 Å². The van der Waals surface area contributed by atoms with Crippen molar-refractivity contribution in [1.29, 1.82) is 0 Å². The lowest BCUT2D eigenvalue weighted by atomic mass is 9.89. The number of ether oxygens (including phenoxy) is 1. The second-order valence-corrected chi connectivity index (χ2v) is 5.29. The molecular formula is C11H14O4S. The normalized spacial score (nSPS) is 11.2. The van der Waals surface area contributed by atoms with E-state index >= 15 is 0 Å². The Morgan fingerprint density at radius 1 is 1.44 bits per heavy atom. The van der Waals surface area contributed by atoms with E-state index in [0.29, 0.717) is 6.42 Å². The number of carbonyl (C=O) groups excluding carboxylic acids is 1. The first kappa shape index (κ1) is 12.7. The lowest BCUT2D eigenvalue weighted by Gasteiger charge is -2.20. The molecule has 1 aromatic rings. The minimum Gasteiger partial charge on any atom is -0.477 e. The third-order valence-corrected chi connectivity index (χ3v) is 3.30. The first-order valence-corrected chi connectivity index (χ1v) is 5.59. The van der Waals surface area contributed by atoms with Crippen LogP contribution in [0.5, 0.6) is 0 Å². The zero-order valence-corrected chi connectivity index (χ0v) is 10.3. The van der Waals surface area contributed by atoms with Gasteiger partial charge in [0.15, 0.2) is 0 Å². The molecule has 0 radical (unpaired) electrons. The number of esters is 1. The molecule has 0 unspecified atom stereocenters. The number of thiophene rings is 1. The summed E-state index contributed by atoms with van der Waals surface area (Å²) in [4.78, 5) is 23.3. The molecule has 4 nitrogen and oxygen atoms in total. The second kappa shape index (κ2) is 4.65.